The zero-order valence-corrected chi connectivity index (χ0v) is 15.3. The normalized spacial score (nSPS) is 10.7. The van der Waals surface area contributed by atoms with E-state index in [1.165, 1.54) is 10.5 Å². The highest BCUT2D eigenvalue weighted by Crippen LogP contribution is 2.14. The molecule has 0 amide bonds. The van der Waals surface area contributed by atoms with Gasteiger partial charge in [-0.1, -0.05) is 25.8 Å². The van der Waals surface area contributed by atoms with E-state index in [4.69, 9.17) is 9.47 Å². The van der Waals surface area contributed by atoms with Crippen LogP contribution in [0.4, 0.5) is 0 Å². The van der Waals surface area contributed by atoms with Gasteiger partial charge >= 0.3 is 5.97 Å². The molecule has 0 bridgehead atoms. The van der Waals surface area contributed by atoms with Gasteiger partial charge in [0.15, 0.2) is 0 Å². The van der Waals surface area contributed by atoms with Gasteiger partial charge in [-0.05, 0) is 42.8 Å². The smallest absolute Gasteiger partial charge is 0.338 e. The fourth-order valence-electron chi connectivity index (χ4n) is 2.63. The minimum Gasteiger partial charge on any atom is -0.494 e. The highest BCUT2D eigenvalue weighted by Gasteiger charge is 2.09. The van der Waals surface area contributed by atoms with Crippen molar-refractivity contribution in [2.24, 2.45) is 0 Å². The summed E-state index contributed by atoms with van der Waals surface area (Å²) in [5.41, 5.74) is 1.14. The van der Waals surface area contributed by atoms with Crippen molar-refractivity contribution in [3.8, 4) is 5.75 Å². The number of carbonyl (C=O) groups excluding carboxylic acids is 1. The monoisotopic (exact) mass is 366 g/mol. The van der Waals surface area contributed by atoms with Gasteiger partial charge in [0, 0.05) is 12.3 Å². The van der Waals surface area contributed by atoms with Crippen LogP contribution in [-0.2, 0) is 11.3 Å². The summed E-state index contributed by atoms with van der Waals surface area (Å²) >= 11 is 0. The quantitative estimate of drug-likeness (QED) is 0.450. The molecule has 6 nitrogen and oxygen atoms in total. The van der Waals surface area contributed by atoms with Gasteiger partial charge < -0.3 is 9.47 Å². The lowest BCUT2D eigenvalue weighted by Crippen LogP contribution is -2.16. The minimum absolute atomic E-state index is 0.0608. The molecular weight excluding hydrogens is 344 g/mol. The fourth-order valence-corrected chi connectivity index (χ4v) is 2.63. The highest BCUT2D eigenvalue weighted by molar-refractivity contribution is 5.89. The van der Waals surface area contributed by atoms with Crippen LogP contribution in [0.15, 0.2) is 59.5 Å². The zero-order valence-electron chi connectivity index (χ0n) is 15.3. The number of benzene rings is 1. The van der Waals surface area contributed by atoms with E-state index in [9.17, 15) is 9.59 Å². The first kappa shape index (κ1) is 18.6. The number of hydrogen-bond acceptors (Lipinski definition) is 5. The highest BCUT2D eigenvalue weighted by atomic mass is 16.5. The molecule has 0 spiro atoms. The lowest BCUT2D eigenvalue weighted by atomic mass is 10.2. The first-order chi connectivity index (χ1) is 13.2. The third-order valence-corrected chi connectivity index (χ3v) is 4.08. The number of esters is 1. The number of unbranched alkanes of at least 4 members (excludes halogenated alkanes) is 2. The summed E-state index contributed by atoms with van der Waals surface area (Å²) in [6.07, 6.45) is 4.94. The second-order valence-electron chi connectivity index (χ2n) is 6.17. The van der Waals surface area contributed by atoms with Gasteiger partial charge in [-0.3, -0.25) is 9.20 Å². The van der Waals surface area contributed by atoms with Crippen LogP contribution < -0.4 is 10.3 Å². The number of fused-ring (bicyclic) bond motifs is 1. The second kappa shape index (κ2) is 8.98. The first-order valence-corrected chi connectivity index (χ1v) is 9.04. The van der Waals surface area contributed by atoms with Crippen LogP contribution in [0.2, 0.25) is 0 Å². The van der Waals surface area contributed by atoms with Crippen molar-refractivity contribution in [3.05, 3.63) is 76.3 Å². The van der Waals surface area contributed by atoms with E-state index in [0.29, 0.717) is 23.5 Å². The van der Waals surface area contributed by atoms with Gasteiger partial charge in [0.2, 0.25) is 0 Å². The largest absolute Gasteiger partial charge is 0.494 e. The van der Waals surface area contributed by atoms with Gasteiger partial charge in [-0.15, -0.1) is 0 Å². The predicted molar refractivity (Wildman–Crippen MR) is 102 cm³/mol. The molecule has 27 heavy (non-hydrogen) atoms. The molecule has 2 aromatic heterocycles. The summed E-state index contributed by atoms with van der Waals surface area (Å²) < 4.78 is 12.3. The molecule has 0 atom stereocenters. The Morgan fingerprint density at radius 1 is 1.11 bits per heavy atom. The van der Waals surface area contributed by atoms with Crippen LogP contribution >= 0.6 is 0 Å². The van der Waals surface area contributed by atoms with Crippen LogP contribution in [0.1, 0.15) is 42.2 Å². The van der Waals surface area contributed by atoms with E-state index in [0.717, 1.165) is 25.0 Å². The summed E-state index contributed by atoms with van der Waals surface area (Å²) in [6.45, 7) is 2.75. The number of rotatable bonds is 8. The molecule has 1 aromatic carbocycles. The van der Waals surface area contributed by atoms with Crippen molar-refractivity contribution in [1.29, 1.82) is 0 Å². The number of carbonyl (C=O) groups is 1. The Labute approximate surface area is 157 Å². The minimum atomic E-state index is -0.470. The maximum absolute atomic E-state index is 12.2. The topological polar surface area (TPSA) is 69.9 Å². The molecule has 0 radical (unpaired) electrons. The average Bonchev–Trinajstić information content (AvgIpc) is 2.70. The summed E-state index contributed by atoms with van der Waals surface area (Å²) in [7, 11) is 0. The summed E-state index contributed by atoms with van der Waals surface area (Å²) in [5.74, 6) is 0.259. The lowest BCUT2D eigenvalue weighted by molar-refractivity contribution is 0.0467. The molecule has 0 saturated heterocycles. The number of hydrogen-bond donors (Lipinski definition) is 0. The maximum Gasteiger partial charge on any atom is 0.338 e. The molecule has 3 rings (SSSR count). The van der Waals surface area contributed by atoms with Gasteiger partial charge in [0.05, 0.1) is 17.9 Å². The molecule has 0 saturated carbocycles. The summed E-state index contributed by atoms with van der Waals surface area (Å²) in [4.78, 5) is 28.6. The molecule has 0 fully saturated rings. The molecule has 3 aromatic rings. The lowest BCUT2D eigenvalue weighted by Gasteiger charge is -2.08. The third kappa shape index (κ3) is 4.94. The van der Waals surface area contributed by atoms with Crippen molar-refractivity contribution in [2.75, 3.05) is 6.61 Å². The Kier molecular flexibility index (Phi) is 6.20. The van der Waals surface area contributed by atoms with Crippen LogP contribution in [0, 0.1) is 0 Å². The van der Waals surface area contributed by atoms with Gasteiger partial charge in [0.25, 0.3) is 5.56 Å². The molecule has 140 valence electrons. The molecule has 0 aliphatic carbocycles. The Bertz CT molecular complexity index is 964. The summed E-state index contributed by atoms with van der Waals surface area (Å²) in [5, 5.41) is 0. The molecule has 0 aliphatic heterocycles. The molecular formula is C21H22N2O4. The van der Waals surface area contributed by atoms with Crippen LogP contribution in [0.3, 0.4) is 0 Å². The molecule has 0 N–H and O–H groups in total. The fraction of sp³-hybridized carbons (Fsp3) is 0.286. The van der Waals surface area contributed by atoms with Crippen molar-refractivity contribution in [1.82, 2.24) is 9.38 Å². The molecule has 0 aliphatic rings. The molecule has 6 heteroatoms. The van der Waals surface area contributed by atoms with E-state index < -0.39 is 5.97 Å². The van der Waals surface area contributed by atoms with E-state index in [1.54, 1.807) is 48.7 Å². The average molecular weight is 366 g/mol. The van der Waals surface area contributed by atoms with Crippen LogP contribution in [0.25, 0.3) is 5.65 Å². The Morgan fingerprint density at radius 3 is 2.70 bits per heavy atom. The number of ether oxygens (including phenoxy) is 2. The van der Waals surface area contributed by atoms with Gasteiger partial charge in [0.1, 0.15) is 18.0 Å². The number of nitrogens with zero attached hydrogens (tertiary/aromatic N) is 2. The summed E-state index contributed by atoms with van der Waals surface area (Å²) in [6, 6.07) is 13.5. The van der Waals surface area contributed by atoms with Crippen LogP contribution in [0.5, 0.6) is 5.75 Å². The molecule has 2 heterocycles. The van der Waals surface area contributed by atoms with Crippen molar-refractivity contribution in [3.63, 3.8) is 0 Å². The second-order valence-corrected chi connectivity index (χ2v) is 6.17. The standard InChI is InChI=1S/C21H22N2O4/c1-2-3-6-13-26-18-10-8-16(9-11-18)21(25)27-15-17-14-20(24)23-12-5-4-7-19(23)22-17/h4-5,7-12,14H,2-3,6,13,15H2,1H3. The van der Waals surface area contributed by atoms with Crippen molar-refractivity contribution >= 4 is 11.6 Å². The third-order valence-electron chi connectivity index (χ3n) is 4.08. The Balaban J connectivity index is 1.58. The van der Waals surface area contributed by atoms with E-state index in [-0.39, 0.29) is 12.2 Å². The van der Waals surface area contributed by atoms with Crippen LogP contribution in [-0.4, -0.2) is 22.0 Å². The maximum atomic E-state index is 12.2. The molecule has 0 unspecified atom stereocenters. The zero-order chi connectivity index (χ0) is 19.1. The van der Waals surface area contributed by atoms with E-state index in [2.05, 4.69) is 11.9 Å². The Morgan fingerprint density at radius 2 is 1.93 bits per heavy atom. The van der Waals surface area contributed by atoms with Gasteiger partial charge in [-0.25, -0.2) is 9.78 Å². The van der Waals surface area contributed by atoms with E-state index in [1.807, 2.05) is 0 Å². The predicted octanol–water partition coefficient (Wildman–Crippen LogP) is 3.62. The number of aromatic nitrogens is 2. The van der Waals surface area contributed by atoms with E-state index >= 15 is 0 Å². The number of pyridine rings is 1. The van der Waals surface area contributed by atoms with Crippen molar-refractivity contribution in [2.45, 2.75) is 32.8 Å². The first-order valence-electron chi connectivity index (χ1n) is 9.04. The Hall–Kier alpha value is -3.15. The van der Waals surface area contributed by atoms with Crippen molar-refractivity contribution < 1.29 is 14.3 Å². The SMILES string of the molecule is CCCCCOc1ccc(C(=O)OCc2cc(=O)n3ccccc3n2)cc1. The van der Waals surface area contributed by atoms with Gasteiger partial charge in [-0.2, -0.15) is 0 Å².